The summed E-state index contributed by atoms with van der Waals surface area (Å²) in [7, 11) is -4.36. The molecule has 0 aliphatic carbocycles. The van der Waals surface area contributed by atoms with E-state index in [9.17, 15) is 26.4 Å². The molecular formula is C16H18ClF3N2O4S. The van der Waals surface area contributed by atoms with E-state index < -0.39 is 32.7 Å². The number of rotatable bonds is 3. The van der Waals surface area contributed by atoms with Crippen molar-refractivity contribution in [2.24, 2.45) is 0 Å². The van der Waals surface area contributed by atoms with Crippen LogP contribution >= 0.6 is 11.6 Å². The number of alkyl halides is 3. The summed E-state index contributed by atoms with van der Waals surface area (Å²) in [6, 6.07) is 1.21. The minimum absolute atomic E-state index is 0.0512. The van der Waals surface area contributed by atoms with Gasteiger partial charge >= 0.3 is 6.18 Å². The summed E-state index contributed by atoms with van der Waals surface area (Å²) in [5, 5.41) is -0.313. The van der Waals surface area contributed by atoms with Crippen LogP contribution in [0.15, 0.2) is 23.1 Å². The first-order valence-corrected chi connectivity index (χ1v) is 10.2. The van der Waals surface area contributed by atoms with Crippen LogP contribution in [0, 0.1) is 0 Å². The molecule has 27 heavy (non-hydrogen) atoms. The topological polar surface area (TPSA) is 66.9 Å². The minimum Gasteiger partial charge on any atom is -0.378 e. The molecule has 0 saturated carbocycles. The first kappa shape index (κ1) is 20.4. The summed E-state index contributed by atoms with van der Waals surface area (Å²) >= 11 is 5.90. The van der Waals surface area contributed by atoms with Crippen molar-refractivity contribution in [1.82, 2.24) is 9.21 Å². The van der Waals surface area contributed by atoms with Crippen molar-refractivity contribution in [1.29, 1.82) is 0 Å². The first-order chi connectivity index (χ1) is 12.6. The molecule has 150 valence electrons. The Morgan fingerprint density at radius 2 is 1.85 bits per heavy atom. The van der Waals surface area contributed by atoms with Gasteiger partial charge < -0.3 is 9.64 Å². The van der Waals surface area contributed by atoms with Gasteiger partial charge in [0.1, 0.15) is 10.9 Å². The summed E-state index contributed by atoms with van der Waals surface area (Å²) in [5.41, 5.74) is -1.11. The Kier molecular flexibility index (Phi) is 5.72. The second-order valence-electron chi connectivity index (χ2n) is 6.35. The van der Waals surface area contributed by atoms with Crippen LogP contribution in [0.1, 0.15) is 18.4 Å². The van der Waals surface area contributed by atoms with E-state index in [0.29, 0.717) is 45.2 Å². The van der Waals surface area contributed by atoms with Gasteiger partial charge in [0.05, 0.1) is 23.8 Å². The number of hydrogen-bond donors (Lipinski definition) is 0. The van der Waals surface area contributed by atoms with E-state index in [-0.39, 0.29) is 17.5 Å². The first-order valence-electron chi connectivity index (χ1n) is 8.37. The van der Waals surface area contributed by atoms with Crippen LogP contribution in [-0.4, -0.2) is 62.4 Å². The van der Waals surface area contributed by atoms with Gasteiger partial charge in [0, 0.05) is 19.6 Å². The smallest absolute Gasteiger partial charge is 0.378 e. The van der Waals surface area contributed by atoms with E-state index >= 15 is 0 Å². The molecule has 1 amide bonds. The number of carbonyl (C=O) groups is 1. The van der Waals surface area contributed by atoms with Gasteiger partial charge in [-0.2, -0.15) is 17.5 Å². The summed E-state index contributed by atoms with van der Waals surface area (Å²) in [6.45, 7) is 1.49. The Morgan fingerprint density at radius 1 is 1.19 bits per heavy atom. The van der Waals surface area contributed by atoms with Crippen LogP contribution in [0.3, 0.4) is 0 Å². The van der Waals surface area contributed by atoms with Gasteiger partial charge in [-0.3, -0.25) is 4.79 Å². The zero-order chi connectivity index (χ0) is 19.8. The third-order valence-electron chi connectivity index (χ3n) is 4.66. The monoisotopic (exact) mass is 426 g/mol. The summed E-state index contributed by atoms with van der Waals surface area (Å²) in [4.78, 5) is 13.6. The average molecular weight is 427 g/mol. The van der Waals surface area contributed by atoms with Crippen molar-refractivity contribution in [3.8, 4) is 0 Å². The molecule has 0 spiro atoms. The van der Waals surface area contributed by atoms with E-state index in [4.69, 9.17) is 16.3 Å². The third-order valence-corrected chi connectivity index (χ3v) is 7.05. The lowest BCUT2D eigenvalue weighted by Gasteiger charge is -2.32. The Morgan fingerprint density at radius 3 is 2.48 bits per heavy atom. The van der Waals surface area contributed by atoms with Gasteiger partial charge in [-0.25, -0.2) is 8.42 Å². The van der Waals surface area contributed by atoms with E-state index in [1.54, 1.807) is 0 Å². The molecule has 1 aromatic rings. The molecule has 2 aliphatic heterocycles. The average Bonchev–Trinajstić information content (AvgIpc) is 3.11. The molecule has 2 heterocycles. The highest BCUT2D eigenvalue weighted by molar-refractivity contribution is 7.89. The number of hydrogen-bond acceptors (Lipinski definition) is 4. The van der Waals surface area contributed by atoms with Crippen LogP contribution in [0.2, 0.25) is 5.02 Å². The fourth-order valence-corrected chi connectivity index (χ4v) is 5.43. The number of halogens is 4. The molecule has 2 fully saturated rings. The fourth-order valence-electron chi connectivity index (χ4n) is 3.27. The van der Waals surface area contributed by atoms with Gasteiger partial charge in [-0.1, -0.05) is 11.6 Å². The Labute approximate surface area is 159 Å². The lowest BCUT2D eigenvalue weighted by Crippen LogP contribution is -2.51. The zero-order valence-corrected chi connectivity index (χ0v) is 15.8. The van der Waals surface area contributed by atoms with Crippen LogP contribution in [0.4, 0.5) is 13.2 Å². The van der Waals surface area contributed by atoms with Crippen molar-refractivity contribution in [2.45, 2.75) is 30.0 Å². The van der Waals surface area contributed by atoms with E-state index in [1.807, 2.05) is 0 Å². The van der Waals surface area contributed by atoms with Gasteiger partial charge in [0.2, 0.25) is 15.9 Å². The molecule has 0 aromatic heterocycles. The molecule has 0 radical (unpaired) electrons. The molecule has 6 nitrogen and oxygen atoms in total. The van der Waals surface area contributed by atoms with Crippen molar-refractivity contribution >= 4 is 27.5 Å². The highest BCUT2D eigenvalue weighted by Gasteiger charge is 2.43. The summed E-state index contributed by atoms with van der Waals surface area (Å²) in [6.07, 6.45) is -3.95. The molecule has 0 N–H and O–H groups in total. The number of nitrogens with zero attached hydrogens (tertiary/aromatic N) is 2. The molecular weight excluding hydrogens is 409 g/mol. The number of ether oxygens (including phenoxy) is 1. The molecule has 2 aliphatic rings. The largest absolute Gasteiger partial charge is 0.416 e. The van der Waals surface area contributed by atoms with Gasteiger partial charge in [0.25, 0.3) is 0 Å². The number of amides is 1. The van der Waals surface area contributed by atoms with Gasteiger partial charge in [-0.15, -0.1) is 0 Å². The predicted molar refractivity (Wildman–Crippen MR) is 90.8 cm³/mol. The summed E-state index contributed by atoms with van der Waals surface area (Å²) in [5.74, 6) is -0.359. The van der Waals surface area contributed by atoms with Crippen molar-refractivity contribution in [2.75, 3.05) is 32.8 Å². The van der Waals surface area contributed by atoms with E-state index in [1.165, 1.54) is 4.90 Å². The maximum absolute atomic E-state index is 13.0. The fraction of sp³-hybridized carbons (Fsp3) is 0.562. The molecule has 11 heteroatoms. The zero-order valence-electron chi connectivity index (χ0n) is 14.2. The second kappa shape index (κ2) is 7.57. The molecule has 1 atom stereocenters. The van der Waals surface area contributed by atoms with Crippen molar-refractivity contribution in [3.05, 3.63) is 28.8 Å². The molecule has 0 bridgehead atoms. The Hall–Kier alpha value is -1.36. The number of benzene rings is 1. The maximum atomic E-state index is 13.0. The van der Waals surface area contributed by atoms with Crippen molar-refractivity contribution in [3.63, 3.8) is 0 Å². The Balaban J connectivity index is 1.93. The summed E-state index contributed by atoms with van der Waals surface area (Å²) < 4.78 is 71.1. The minimum atomic E-state index is -4.71. The van der Waals surface area contributed by atoms with E-state index in [0.717, 1.165) is 16.4 Å². The quantitative estimate of drug-likeness (QED) is 0.744. The van der Waals surface area contributed by atoms with Crippen LogP contribution in [0.5, 0.6) is 0 Å². The highest BCUT2D eigenvalue weighted by atomic mass is 35.5. The molecule has 1 unspecified atom stereocenters. The third kappa shape index (κ3) is 4.08. The maximum Gasteiger partial charge on any atom is 0.416 e. The SMILES string of the molecule is O=C(C1CCCN1S(=O)(=O)c1cc(C(F)(F)F)ccc1Cl)N1CCOCC1. The number of morpholine rings is 1. The lowest BCUT2D eigenvalue weighted by molar-refractivity contribution is -0.139. The van der Waals surface area contributed by atoms with Gasteiger partial charge in [-0.05, 0) is 31.0 Å². The number of carbonyl (C=O) groups excluding carboxylic acids is 1. The molecule has 2 saturated heterocycles. The lowest BCUT2D eigenvalue weighted by atomic mass is 10.2. The standard InChI is InChI=1S/C16H18ClF3N2O4S/c17-12-4-3-11(16(18,19)20)10-14(12)27(24,25)22-5-1-2-13(22)15(23)21-6-8-26-9-7-21/h3-4,10,13H,1-2,5-9H2. The highest BCUT2D eigenvalue weighted by Crippen LogP contribution is 2.36. The predicted octanol–water partition coefficient (Wildman–Crippen LogP) is 2.37. The van der Waals surface area contributed by atoms with E-state index in [2.05, 4.69) is 0 Å². The normalized spacial score (nSPS) is 22.2. The van der Waals surface area contributed by atoms with Crippen molar-refractivity contribution < 1.29 is 31.1 Å². The second-order valence-corrected chi connectivity index (χ2v) is 8.62. The van der Waals surface area contributed by atoms with Gasteiger partial charge in [0.15, 0.2) is 0 Å². The molecule has 3 rings (SSSR count). The molecule has 1 aromatic carbocycles. The number of sulfonamides is 1. The van der Waals surface area contributed by atoms with Crippen LogP contribution in [-0.2, 0) is 25.7 Å². The Bertz CT molecular complexity index is 825. The van der Waals surface area contributed by atoms with Crippen LogP contribution < -0.4 is 0 Å². The van der Waals surface area contributed by atoms with Crippen LogP contribution in [0.25, 0.3) is 0 Å².